The summed E-state index contributed by atoms with van der Waals surface area (Å²) in [5.74, 6) is 1.27. The molecular formula is C22H23FN10O. The van der Waals surface area contributed by atoms with Crippen molar-refractivity contribution in [2.45, 2.75) is 37.3 Å². The zero-order chi connectivity index (χ0) is 23.2. The van der Waals surface area contributed by atoms with Gasteiger partial charge in [-0.2, -0.15) is 14.5 Å². The van der Waals surface area contributed by atoms with Crippen molar-refractivity contribution >= 4 is 34.7 Å². The van der Waals surface area contributed by atoms with Crippen LogP contribution in [-0.4, -0.2) is 54.3 Å². The largest absolute Gasteiger partial charge is 0.326 e. The third-order valence-electron chi connectivity index (χ3n) is 6.13. The number of fused-ring (bicyclic) bond motifs is 1. The average molecular weight is 462 g/mol. The van der Waals surface area contributed by atoms with E-state index in [0.29, 0.717) is 42.2 Å². The topological polar surface area (TPSA) is 142 Å². The van der Waals surface area contributed by atoms with Crippen LogP contribution in [0.3, 0.4) is 0 Å². The van der Waals surface area contributed by atoms with E-state index in [0.717, 1.165) is 11.2 Å². The Morgan fingerprint density at radius 3 is 2.94 bits per heavy atom. The van der Waals surface area contributed by atoms with E-state index in [-0.39, 0.29) is 11.9 Å². The molecule has 4 aromatic heterocycles. The number of carbonyl (C=O) groups excluding carboxylic acids is 1. The SMILES string of the molecule is N[C@H]1C[C@@H](C(=O)Nc2ccc(F)nc2)N(c2nc(Nc3cc(C4CC4)[nH]n3)c3cccn3n2)C1. The summed E-state index contributed by atoms with van der Waals surface area (Å²) >= 11 is 0. The number of amides is 1. The van der Waals surface area contributed by atoms with E-state index < -0.39 is 12.0 Å². The number of pyridine rings is 1. The zero-order valence-corrected chi connectivity index (χ0v) is 18.1. The van der Waals surface area contributed by atoms with Gasteiger partial charge in [0.05, 0.1) is 11.9 Å². The molecule has 174 valence electrons. The molecular weight excluding hydrogens is 439 g/mol. The van der Waals surface area contributed by atoms with Crippen LogP contribution in [0.5, 0.6) is 0 Å². The standard InChI is InChI=1S/C22H23FN10O/c23-18-6-5-14(10-25-18)26-21(34)17-8-13(24)11-32(17)22-28-20(16-2-1-7-33(16)31-22)27-19-9-15(29-30-19)12-3-4-12/h1-2,5-7,9-10,12-13,17H,3-4,8,11,24H2,(H,26,34)(H2,27,28,29,30,31)/t13-,17-/m0/s1. The van der Waals surface area contributed by atoms with Gasteiger partial charge in [-0.15, -0.1) is 5.10 Å². The van der Waals surface area contributed by atoms with Gasteiger partial charge in [0.15, 0.2) is 11.6 Å². The fraction of sp³-hybridized carbons (Fsp3) is 0.318. The quantitative estimate of drug-likeness (QED) is 0.319. The lowest BCUT2D eigenvalue weighted by Gasteiger charge is -2.24. The van der Waals surface area contributed by atoms with Crippen molar-refractivity contribution in [2.24, 2.45) is 5.73 Å². The number of aromatic amines is 1. The van der Waals surface area contributed by atoms with Crippen molar-refractivity contribution in [3.8, 4) is 0 Å². The first kappa shape index (κ1) is 20.5. The van der Waals surface area contributed by atoms with Gasteiger partial charge in [-0.25, -0.2) is 9.50 Å². The fourth-order valence-electron chi connectivity index (χ4n) is 4.28. The number of nitrogens with one attached hydrogen (secondary N) is 3. The van der Waals surface area contributed by atoms with Gasteiger partial charge in [0.1, 0.15) is 11.6 Å². The van der Waals surface area contributed by atoms with Gasteiger partial charge in [-0.05, 0) is 43.5 Å². The first-order valence-electron chi connectivity index (χ1n) is 11.2. The van der Waals surface area contributed by atoms with Crippen LogP contribution >= 0.6 is 0 Å². The molecule has 0 radical (unpaired) electrons. The number of halogens is 1. The highest BCUT2D eigenvalue weighted by Gasteiger charge is 2.37. The number of carbonyl (C=O) groups is 1. The Morgan fingerprint density at radius 2 is 2.15 bits per heavy atom. The monoisotopic (exact) mass is 462 g/mol. The first-order chi connectivity index (χ1) is 16.5. The molecule has 1 saturated carbocycles. The second-order valence-electron chi connectivity index (χ2n) is 8.73. The number of nitrogens with two attached hydrogens (primary N) is 1. The molecule has 5 heterocycles. The Morgan fingerprint density at radius 1 is 1.26 bits per heavy atom. The van der Waals surface area contributed by atoms with Crippen LogP contribution in [0, 0.1) is 5.95 Å². The van der Waals surface area contributed by atoms with E-state index in [2.05, 4.69) is 30.9 Å². The minimum absolute atomic E-state index is 0.227. The normalized spacial score (nSPS) is 20.1. The molecule has 12 heteroatoms. The number of H-pyrrole nitrogens is 1. The van der Waals surface area contributed by atoms with Crippen LogP contribution in [-0.2, 0) is 4.79 Å². The van der Waals surface area contributed by atoms with Crippen molar-refractivity contribution in [2.75, 3.05) is 22.1 Å². The molecule has 2 aliphatic rings. The lowest BCUT2D eigenvalue weighted by atomic mass is 10.1. The molecule has 0 bridgehead atoms. The third-order valence-corrected chi connectivity index (χ3v) is 6.13. The molecule has 2 atom stereocenters. The van der Waals surface area contributed by atoms with E-state index in [1.165, 1.54) is 31.2 Å². The second-order valence-corrected chi connectivity index (χ2v) is 8.73. The minimum Gasteiger partial charge on any atom is -0.326 e. The molecule has 4 aromatic rings. The third kappa shape index (κ3) is 3.92. The van der Waals surface area contributed by atoms with Gasteiger partial charge >= 0.3 is 0 Å². The van der Waals surface area contributed by atoms with Crippen LogP contribution in [0.15, 0.2) is 42.7 Å². The van der Waals surface area contributed by atoms with Crippen molar-refractivity contribution in [3.05, 3.63) is 54.4 Å². The van der Waals surface area contributed by atoms with Crippen molar-refractivity contribution in [1.82, 2.24) is 29.8 Å². The Balaban J connectivity index is 1.29. The highest BCUT2D eigenvalue weighted by Crippen LogP contribution is 2.39. The van der Waals surface area contributed by atoms with E-state index in [4.69, 9.17) is 10.7 Å². The van der Waals surface area contributed by atoms with Crippen LogP contribution in [0.1, 0.15) is 30.9 Å². The van der Waals surface area contributed by atoms with Crippen LogP contribution < -0.4 is 21.3 Å². The molecule has 1 aliphatic carbocycles. The lowest BCUT2D eigenvalue weighted by molar-refractivity contribution is -0.117. The van der Waals surface area contributed by atoms with Gasteiger partial charge in [-0.1, -0.05) is 0 Å². The maximum Gasteiger partial charge on any atom is 0.247 e. The fourth-order valence-corrected chi connectivity index (χ4v) is 4.28. The maximum absolute atomic E-state index is 13.1. The molecule has 0 aromatic carbocycles. The summed E-state index contributed by atoms with van der Waals surface area (Å²) in [6.07, 6.45) is 5.88. The molecule has 1 saturated heterocycles. The maximum atomic E-state index is 13.1. The van der Waals surface area contributed by atoms with Crippen molar-refractivity contribution in [1.29, 1.82) is 0 Å². The lowest BCUT2D eigenvalue weighted by Crippen LogP contribution is -2.41. The zero-order valence-electron chi connectivity index (χ0n) is 18.1. The molecule has 1 amide bonds. The van der Waals surface area contributed by atoms with Crippen molar-refractivity contribution < 1.29 is 9.18 Å². The molecule has 34 heavy (non-hydrogen) atoms. The number of aromatic nitrogens is 6. The highest BCUT2D eigenvalue weighted by atomic mass is 19.1. The number of hydrogen-bond donors (Lipinski definition) is 4. The van der Waals surface area contributed by atoms with Gasteiger partial charge in [-0.3, -0.25) is 9.89 Å². The molecule has 0 spiro atoms. The Labute approximate surface area is 193 Å². The summed E-state index contributed by atoms with van der Waals surface area (Å²) in [7, 11) is 0. The molecule has 2 fully saturated rings. The molecule has 11 nitrogen and oxygen atoms in total. The summed E-state index contributed by atoms with van der Waals surface area (Å²) in [6, 6.07) is 7.62. The molecule has 6 rings (SSSR count). The van der Waals surface area contributed by atoms with E-state index in [1.807, 2.05) is 24.4 Å². The van der Waals surface area contributed by atoms with E-state index in [9.17, 15) is 9.18 Å². The molecule has 1 aliphatic heterocycles. The Hall–Kier alpha value is -4.06. The summed E-state index contributed by atoms with van der Waals surface area (Å²) in [6.45, 7) is 0.417. The van der Waals surface area contributed by atoms with Crippen LogP contribution in [0.25, 0.3) is 5.52 Å². The number of hydrogen-bond acceptors (Lipinski definition) is 8. The average Bonchev–Trinajstić information content (AvgIpc) is 3.20. The second kappa shape index (κ2) is 8.06. The number of rotatable bonds is 6. The predicted molar refractivity (Wildman–Crippen MR) is 123 cm³/mol. The Kier molecular flexibility index (Phi) is 4.87. The Bertz CT molecular complexity index is 1350. The van der Waals surface area contributed by atoms with Gasteiger partial charge in [0, 0.05) is 36.5 Å². The summed E-state index contributed by atoms with van der Waals surface area (Å²) < 4.78 is 14.8. The minimum atomic E-state index is -0.614. The predicted octanol–water partition coefficient (Wildman–Crippen LogP) is 2.15. The van der Waals surface area contributed by atoms with Crippen molar-refractivity contribution in [3.63, 3.8) is 0 Å². The van der Waals surface area contributed by atoms with E-state index in [1.54, 1.807) is 9.42 Å². The molecule has 0 unspecified atom stereocenters. The van der Waals surface area contributed by atoms with E-state index >= 15 is 0 Å². The summed E-state index contributed by atoms with van der Waals surface area (Å²) in [5.41, 5.74) is 8.51. The number of anilines is 4. The first-order valence-corrected chi connectivity index (χ1v) is 11.2. The van der Waals surface area contributed by atoms with Crippen LogP contribution in [0.2, 0.25) is 0 Å². The molecule has 5 N–H and O–H groups in total. The van der Waals surface area contributed by atoms with Gasteiger partial charge in [0.25, 0.3) is 0 Å². The van der Waals surface area contributed by atoms with Gasteiger partial charge < -0.3 is 21.3 Å². The summed E-state index contributed by atoms with van der Waals surface area (Å²) in [5, 5.41) is 18.1. The van der Waals surface area contributed by atoms with Crippen LogP contribution in [0.4, 0.5) is 27.7 Å². The number of nitrogens with zero attached hydrogens (tertiary/aromatic N) is 6. The van der Waals surface area contributed by atoms with Gasteiger partial charge in [0.2, 0.25) is 17.8 Å². The summed E-state index contributed by atoms with van der Waals surface area (Å²) in [4.78, 5) is 23.2. The smallest absolute Gasteiger partial charge is 0.247 e. The highest BCUT2D eigenvalue weighted by molar-refractivity contribution is 5.97.